The Morgan fingerprint density at radius 3 is 2.65 bits per heavy atom. The summed E-state index contributed by atoms with van der Waals surface area (Å²) in [5.74, 6) is -0.688. The van der Waals surface area contributed by atoms with Crippen LogP contribution in [0.15, 0.2) is 42.5 Å². The van der Waals surface area contributed by atoms with Crippen molar-refractivity contribution < 1.29 is 29.0 Å². The van der Waals surface area contributed by atoms with Crippen LogP contribution in [0.5, 0.6) is 11.5 Å². The molecule has 0 fully saturated rings. The lowest BCUT2D eigenvalue weighted by molar-refractivity contribution is -0.142. The summed E-state index contributed by atoms with van der Waals surface area (Å²) in [6, 6.07) is 10.9. The van der Waals surface area contributed by atoms with Crippen LogP contribution in [-0.4, -0.2) is 60.6 Å². The van der Waals surface area contributed by atoms with Crippen molar-refractivity contribution in [3.05, 3.63) is 48.0 Å². The average molecular weight is 426 g/mol. The summed E-state index contributed by atoms with van der Waals surface area (Å²) in [4.78, 5) is 38.3. The lowest BCUT2D eigenvalue weighted by Gasteiger charge is -2.25. The lowest BCUT2D eigenvalue weighted by Crippen LogP contribution is -2.44. The number of likely N-dealkylation sites (N-methyl/N-ethyl adjacent to an activating group) is 1. The maximum atomic E-state index is 13.0. The molecule has 0 spiro atoms. The quantitative estimate of drug-likeness (QED) is 0.765. The predicted octanol–water partition coefficient (Wildman–Crippen LogP) is 2.56. The van der Waals surface area contributed by atoms with Crippen molar-refractivity contribution in [1.29, 1.82) is 0 Å². The second kappa shape index (κ2) is 9.51. The van der Waals surface area contributed by atoms with E-state index in [0.717, 1.165) is 11.1 Å². The van der Waals surface area contributed by atoms with E-state index in [2.05, 4.69) is 5.32 Å². The predicted molar refractivity (Wildman–Crippen MR) is 114 cm³/mol. The number of carbonyl (C=O) groups excluding carboxylic acids is 2. The van der Waals surface area contributed by atoms with Crippen LogP contribution in [0.2, 0.25) is 0 Å². The minimum atomic E-state index is -1.16. The van der Waals surface area contributed by atoms with E-state index >= 15 is 0 Å². The highest BCUT2D eigenvalue weighted by atomic mass is 16.5. The Morgan fingerprint density at radius 2 is 1.94 bits per heavy atom. The van der Waals surface area contributed by atoms with Crippen LogP contribution in [0.1, 0.15) is 30.1 Å². The van der Waals surface area contributed by atoms with Crippen LogP contribution in [0.25, 0.3) is 11.1 Å². The van der Waals surface area contributed by atoms with Crippen molar-refractivity contribution in [2.75, 3.05) is 20.8 Å². The van der Waals surface area contributed by atoms with Crippen LogP contribution >= 0.6 is 0 Å². The Morgan fingerprint density at radius 1 is 1.19 bits per heavy atom. The molecule has 31 heavy (non-hydrogen) atoms. The summed E-state index contributed by atoms with van der Waals surface area (Å²) in [7, 11) is 3.00. The Labute approximate surface area is 180 Å². The van der Waals surface area contributed by atoms with Crippen molar-refractivity contribution in [3.8, 4) is 22.6 Å². The zero-order valence-electron chi connectivity index (χ0n) is 17.8. The topological polar surface area (TPSA) is 105 Å². The molecule has 2 bridgehead atoms. The first-order valence-electron chi connectivity index (χ1n) is 10.0. The van der Waals surface area contributed by atoms with E-state index < -0.39 is 17.9 Å². The molecule has 0 aliphatic carbocycles. The molecular weight excluding hydrogens is 400 g/mol. The van der Waals surface area contributed by atoms with Crippen molar-refractivity contribution in [1.82, 2.24) is 10.2 Å². The second-order valence-electron chi connectivity index (χ2n) is 7.53. The van der Waals surface area contributed by atoms with Gasteiger partial charge < -0.3 is 24.8 Å². The monoisotopic (exact) mass is 426 g/mol. The SMILES string of the molecule is COc1ccc2c(c1)-c1cccc(c1)C(=O)N(C)C(C(=O)O)CCC(=O)NC(C)CO2. The van der Waals surface area contributed by atoms with Gasteiger partial charge in [0.1, 0.15) is 24.1 Å². The zero-order chi connectivity index (χ0) is 22.5. The molecule has 8 heteroatoms. The molecule has 2 atom stereocenters. The number of ether oxygens (including phenoxy) is 2. The van der Waals surface area contributed by atoms with Crippen LogP contribution < -0.4 is 14.8 Å². The van der Waals surface area contributed by atoms with Gasteiger partial charge in [-0.2, -0.15) is 0 Å². The first kappa shape index (κ1) is 22.1. The van der Waals surface area contributed by atoms with E-state index in [9.17, 15) is 19.5 Å². The number of carboxylic acid groups (broad SMARTS) is 1. The summed E-state index contributed by atoms with van der Waals surface area (Å²) in [5.41, 5.74) is 1.79. The Kier molecular flexibility index (Phi) is 6.79. The van der Waals surface area contributed by atoms with Gasteiger partial charge in [-0.1, -0.05) is 12.1 Å². The first-order chi connectivity index (χ1) is 14.8. The number of nitrogens with one attached hydrogen (secondary N) is 1. The number of aliphatic carboxylic acids is 1. The van der Waals surface area contributed by atoms with E-state index in [-0.39, 0.29) is 31.4 Å². The largest absolute Gasteiger partial charge is 0.497 e. The number of methoxy groups -OCH3 is 1. The third-order valence-corrected chi connectivity index (χ3v) is 5.22. The van der Waals surface area contributed by atoms with Gasteiger partial charge in [-0.15, -0.1) is 0 Å². The van der Waals surface area contributed by atoms with E-state index in [4.69, 9.17) is 9.47 Å². The van der Waals surface area contributed by atoms with E-state index in [0.29, 0.717) is 17.1 Å². The second-order valence-corrected chi connectivity index (χ2v) is 7.53. The Hall–Kier alpha value is -3.55. The smallest absolute Gasteiger partial charge is 0.326 e. The van der Waals surface area contributed by atoms with Gasteiger partial charge in [-0.25, -0.2) is 4.79 Å². The van der Waals surface area contributed by atoms with Gasteiger partial charge in [0.05, 0.1) is 13.2 Å². The number of nitrogens with zero attached hydrogens (tertiary/aromatic N) is 1. The fourth-order valence-corrected chi connectivity index (χ4v) is 3.51. The molecule has 0 radical (unpaired) electrons. The molecule has 0 aromatic heterocycles. The fourth-order valence-electron chi connectivity index (χ4n) is 3.51. The normalized spacial score (nSPS) is 19.9. The number of fused-ring (bicyclic) bond motifs is 4. The van der Waals surface area contributed by atoms with E-state index in [1.54, 1.807) is 37.4 Å². The third kappa shape index (κ3) is 5.14. The molecule has 8 nitrogen and oxygen atoms in total. The van der Waals surface area contributed by atoms with Gasteiger partial charge in [0.2, 0.25) is 5.91 Å². The number of benzene rings is 2. The summed E-state index contributed by atoms with van der Waals surface area (Å²) in [6.45, 7) is 2.04. The summed E-state index contributed by atoms with van der Waals surface area (Å²) in [5, 5.41) is 12.4. The molecule has 2 unspecified atom stereocenters. The number of hydrogen-bond donors (Lipinski definition) is 2. The maximum Gasteiger partial charge on any atom is 0.326 e. The molecule has 2 amide bonds. The maximum absolute atomic E-state index is 13.0. The Bertz CT molecular complexity index is 990. The molecule has 2 aromatic rings. The van der Waals surface area contributed by atoms with Gasteiger partial charge >= 0.3 is 5.97 Å². The molecule has 164 valence electrons. The van der Waals surface area contributed by atoms with Gasteiger partial charge in [-0.3, -0.25) is 9.59 Å². The molecule has 0 saturated heterocycles. The summed E-state index contributed by atoms with van der Waals surface area (Å²) in [6.07, 6.45) is -0.0130. The number of amides is 2. The number of hydrogen-bond acceptors (Lipinski definition) is 5. The van der Waals surface area contributed by atoms with Crippen LogP contribution in [-0.2, 0) is 9.59 Å². The highest BCUT2D eigenvalue weighted by Gasteiger charge is 2.28. The van der Waals surface area contributed by atoms with E-state index in [1.807, 2.05) is 19.1 Å². The number of carbonyl (C=O) groups is 3. The van der Waals surface area contributed by atoms with E-state index in [1.165, 1.54) is 11.9 Å². The van der Waals surface area contributed by atoms with Crippen molar-refractivity contribution in [2.24, 2.45) is 0 Å². The van der Waals surface area contributed by atoms with Crippen LogP contribution in [0.4, 0.5) is 0 Å². The summed E-state index contributed by atoms with van der Waals surface area (Å²) >= 11 is 0. The molecular formula is C23H26N2O6. The molecule has 1 heterocycles. The minimum absolute atomic E-state index is 0.00803. The van der Waals surface area contributed by atoms with Crippen LogP contribution in [0, 0.1) is 0 Å². The Balaban J connectivity index is 2.08. The van der Waals surface area contributed by atoms with Crippen molar-refractivity contribution >= 4 is 17.8 Å². The highest BCUT2D eigenvalue weighted by molar-refractivity contribution is 5.97. The highest BCUT2D eigenvalue weighted by Crippen LogP contribution is 2.34. The third-order valence-electron chi connectivity index (χ3n) is 5.22. The lowest BCUT2D eigenvalue weighted by atomic mass is 10.0. The van der Waals surface area contributed by atoms with Gasteiger partial charge in [0, 0.05) is 24.6 Å². The molecule has 2 N–H and O–H groups in total. The van der Waals surface area contributed by atoms with Crippen molar-refractivity contribution in [2.45, 2.75) is 31.8 Å². The minimum Gasteiger partial charge on any atom is -0.497 e. The molecule has 2 aromatic carbocycles. The average Bonchev–Trinajstić information content (AvgIpc) is 2.76. The van der Waals surface area contributed by atoms with Gasteiger partial charge in [0.15, 0.2) is 0 Å². The number of rotatable bonds is 2. The molecule has 3 rings (SSSR count). The first-order valence-corrected chi connectivity index (χ1v) is 10.0. The number of carboxylic acids is 1. The summed E-state index contributed by atoms with van der Waals surface area (Å²) < 4.78 is 11.3. The molecule has 1 aliphatic rings. The standard InChI is InChI=1S/C23H26N2O6/c1-14-13-31-20-9-7-17(30-3)12-18(20)15-5-4-6-16(11-15)22(27)25(2)19(23(28)29)8-10-21(26)24-14/h4-7,9,11-12,14,19H,8,10,13H2,1-3H3,(H,24,26)(H,28,29). The zero-order valence-corrected chi connectivity index (χ0v) is 17.8. The molecule has 1 aliphatic heterocycles. The van der Waals surface area contributed by atoms with Gasteiger partial charge in [0.25, 0.3) is 5.91 Å². The fraction of sp³-hybridized carbons (Fsp3) is 0.348. The van der Waals surface area contributed by atoms with Crippen LogP contribution in [0.3, 0.4) is 0 Å². The van der Waals surface area contributed by atoms with Gasteiger partial charge in [-0.05, 0) is 49.2 Å². The van der Waals surface area contributed by atoms with Crippen molar-refractivity contribution in [3.63, 3.8) is 0 Å². The molecule has 0 saturated carbocycles.